The van der Waals surface area contributed by atoms with E-state index in [1.54, 1.807) is 0 Å². The SMILES string of the molecule is CCC(C)C(N)c1nc(C(=O)Nc2ccc(C(C)C)cc2)co1. The first-order chi connectivity index (χ1) is 10.9. The second kappa shape index (κ2) is 7.42. The molecule has 2 aromatic rings. The quantitative estimate of drug-likeness (QED) is 0.841. The Balaban J connectivity index is 2.05. The Kier molecular flexibility index (Phi) is 5.55. The summed E-state index contributed by atoms with van der Waals surface area (Å²) in [4.78, 5) is 16.5. The largest absolute Gasteiger partial charge is 0.446 e. The van der Waals surface area contributed by atoms with Crippen LogP contribution in [-0.2, 0) is 0 Å². The predicted octanol–water partition coefficient (Wildman–Crippen LogP) is 4.10. The normalized spacial score (nSPS) is 13.8. The van der Waals surface area contributed by atoms with Crippen LogP contribution in [0.2, 0.25) is 0 Å². The van der Waals surface area contributed by atoms with Crippen molar-refractivity contribution in [1.82, 2.24) is 4.98 Å². The number of nitrogens with zero attached hydrogens (tertiary/aromatic N) is 1. The average Bonchev–Trinajstić information content (AvgIpc) is 3.04. The van der Waals surface area contributed by atoms with Gasteiger partial charge in [0, 0.05) is 5.69 Å². The van der Waals surface area contributed by atoms with Gasteiger partial charge in [-0.1, -0.05) is 46.2 Å². The van der Waals surface area contributed by atoms with Gasteiger partial charge in [-0.05, 0) is 29.5 Å². The fraction of sp³-hybridized carbons (Fsp3) is 0.444. The van der Waals surface area contributed by atoms with Crippen molar-refractivity contribution in [3.05, 3.63) is 47.7 Å². The van der Waals surface area contributed by atoms with Crippen LogP contribution >= 0.6 is 0 Å². The summed E-state index contributed by atoms with van der Waals surface area (Å²) in [5.74, 6) is 0.807. The van der Waals surface area contributed by atoms with Gasteiger partial charge < -0.3 is 15.5 Å². The maximum absolute atomic E-state index is 12.2. The molecule has 0 aliphatic heterocycles. The summed E-state index contributed by atoms with van der Waals surface area (Å²) in [6, 6.07) is 7.49. The van der Waals surface area contributed by atoms with Crippen LogP contribution in [0.5, 0.6) is 0 Å². The monoisotopic (exact) mass is 315 g/mol. The van der Waals surface area contributed by atoms with Gasteiger partial charge in [0.05, 0.1) is 6.04 Å². The third-order valence-electron chi connectivity index (χ3n) is 4.13. The van der Waals surface area contributed by atoms with Crippen molar-refractivity contribution >= 4 is 11.6 Å². The van der Waals surface area contributed by atoms with Crippen LogP contribution in [0.25, 0.3) is 0 Å². The highest BCUT2D eigenvalue weighted by Gasteiger charge is 2.21. The molecular weight excluding hydrogens is 290 g/mol. The van der Waals surface area contributed by atoms with E-state index in [9.17, 15) is 4.79 Å². The molecule has 0 aliphatic carbocycles. The first kappa shape index (κ1) is 17.2. The van der Waals surface area contributed by atoms with Gasteiger partial charge in [-0.15, -0.1) is 0 Å². The minimum absolute atomic E-state index is 0.242. The molecule has 1 aromatic carbocycles. The average molecular weight is 315 g/mol. The fourth-order valence-corrected chi connectivity index (χ4v) is 2.19. The number of anilines is 1. The number of benzene rings is 1. The smallest absolute Gasteiger partial charge is 0.277 e. The summed E-state index contributed by atoms with van der Waals surface area (Å²) < 4.78 is 5.36. The Morgan fingerprint density at radius 2 is 1.91 bits per heavy atom. The van der Waals surface area contributed by atoms with E-state index in [0.717, 1.165) is 12.1 Å². The van der Waals surface area contributed by atoms with Gasteiger partial charge in [-0.25, -0.2) is 4.98 Å². The molecule has 2 rings (SSSR count). The molecule has 0 spiro atoms. The van der Waals surface area contributed by atoms with E-state index >= 15 is 0 Å². The first-order valence-corrected chi connectivity index (χ1v) is 8.04. The minimum atomic E-state index is -0.299. The molecule has 0 saturated carbocycles. The molecule has 1 heterocycles. The predicted molar refractivity (Wildman–Crippen MR) is 91.4 cm³/mol. The highest BCUT2D eigenvalue weighted by atomic mass is 16.3. The number of amides is 1. The Morgan fingerprint density at radius 3 is 2.48 bits per heavy atom. The number of carbonyl (C=O) groups excluding carboxylic acids is 1. The highest BCUT2D eigenvalue weighted by Crippen LogP contribution is 2.22. The molecule has 3 N–H and O–H groups in total. The molecule has 0 aliphatic rings. The molecule has 0 bridgehead atoms. The van der Waals surface area contributed by atoms with Crippen molar-refractivity contribution in [2.45, 2.75) is 46.1 Å². The molecule has 0 radical (unpaired) electrons. The molecule has 2 atom stereocenters. The van der Waals surface area contributed by atoms with Crippen molar-refractivity contribution < 1.29 is 9.21 Å². The summed E-state index contributed by atoms with van der Waals surface area (Å²) in [5.41, 5.74) is 8.27. The van der Waals surface area contributed by atoms with E-state index in [1.165, 1.54) is 11.8 Å². The Morgan fingerprint density at radius 1 is 1.26 bits per heavy atom. The second-order valence-electron chi connectivity index (χ2n) is 6.21. The summed E-state index contributed by atoms with van der Waals surface area (Å²) >= 11 is 0. The molecule has 1 amide bonds. The van der Waals surface area contributed by atoms with Crippen molar-refractivity contribution in [1.29, 1.82) is 0 Å². The molecular formula is C18H25N3O2. The van der Waals surface area contributed by atoms with Crippen LogP contribution in [-0.4, -0.2) is 10.9 Å². The summed E-state index contributed by atoms with van der Waals surface area (Å²) in [6.45, 7) is 8.35. The van der Waals surface area contributed by atoms with E-state index in [2.05, 4.69) is 31.1 Å². The number of oxazole rings is 1. The van der Waals surface area contributed by atoms with Crippen LogP contribution in [0.4, 0.5) is 5.69 Å². The van der Waals surface area contributed by atoms with E-state index in [-0.39, 0.29) is 23.6 Å². The van der Waals surface area contributed by atoms with Gasteiger partial charge in [0.15, 0.2) is 5.69 Å². The third kappa shape index (κ3) is 4.20. The summed E-state index contributed by atoms with van der Waals surface area (Å²) in [6.07, 6.45) is 2.28. The molecule has 5 nitrogen and oxygen atoms in total. The lowest BCUT2D eigenvalue weighted by molar-refractivity contribution is 0.102. The van der Waals surface area contributed by atoms with Crippen LogP contribution in [0.3, 0.4) is 0 Å². The van der Waals surface area contributed by atoms with Crippen LogP contribution in [0, 0.1) is 5.92 Å². The first-order valence-electron chi connectivity index (χ1n) is 8.04. The zero-order chi connectivity index (χ0) is 17.0. The molecule has 124 valence electrons. The van der Waals surface area contributed by atoms with Crippen LogP contribution in [0.1, 0.15) is 68.0 Å². The number of hydrogen-bond acceptors (Lipinski definition) is 4. The number of nitrogens with one attached hydrogen (secondary N) is 1. The number of carbonyl (C=O) groups is 1. The van der Waals surface area contributed by atoms with Gasteiger partial charge in [0.1, 0.15) is 6.26 Å². The van der Waals surface area contributed by atoms with E-state index in [1.807, 2.05) is 31.2 Å². The lowest BCUT2D eigenvalue weighted by Gasteiger charge is -2.13. The highest BCUT2D eigenvalue weighted by molar-refractivity contribution is 6.02. The molecule has 0 saturated heterocycles. The summed E-state index contributed by atoms with van der Waals surface area (Å²) in [5, 5.41) is 2.82. The maximum atomic E-state index is 12.2. The zero-order valence-corrected chi connectivity index (χ0v) is 14.2. The Labute approximate surface area is 137 Å². The molecule has 5 heteroatoms. The standard InChI is InChI=1S/C18H25N3O2/c1-5-12(4)16(19)18-21-15(10-23-18)17(22)20-14-8-6-13(7-9-14)11(2)3/h6-12,16H,5,19H2,1-4H3,(H,20,22). The lowest BCUT2D eigenvalue weighted by Crippen LogP contribution is -2.19. The number of rotatable bonds is 6. The molecule has 1 aromatic heterocycles. The van der Waals surface area contributed by atoms with E-state index < -0.39 is 0 Å². The molecule has 23 heavy (non-hydrogen) atoms. The lowest BCUT2D eigenvalue weighted by atomic mass is 10.0. The molecule has 0 fully saturated rings. The maximum Gasteiger partial charge on any atom is 0.277 e. The second-order valence-corrected chi connectivity index (χ2v) is 6.21. The van der Waals surface area contributed by atoms with Crippen LogP contribution < -0.4 is 11.1 Å². The van der Waals surface area contributed by atoms with Gasteiger partial charge in [0.25, 0.3) is 5.91 Å². The molecule has 2 unspecified atom stereocenters. The van der Waals surface area contributed by atoms with Crippen molar-refractivity contribution in [2.75, 3.05) is 5.32 Å². The van der Waals surface area contributed by atoms with Gasteiger partial charge >= 0.3 is 0 Å². The number of aromatic nitrogens is 1. The van der Waals surface area contributed by atoms with Gasteiger partial charge in [-0.3, -0.25) is 4.79 Å². The van der Waals surface area contributed by atoms with Gasteiger partial charge in [-0.2, -0.15) is 0 Å². The number of hydrogen-bond donors (Lipinski definition) is 2. The summed E-state index contributed by atoms with van der Waals surface area (Å²) in [7, 11) is 0. The Hall–Kier alpha value is -2.14. The van der Waals surface area contributed by atoms with Crippen molar-refractivity contribution in [3.8, 4) is 0 Å². The van der Waals surface area contributed by atoms with Crippen molar-refractivity contribution in [3.63, 3.8) is 0 Å². The van der Waals surface area contributed by atoms with Crippen molar-refractivity contribution in [2.24, 2.45) is 11.7 Å². The number of nitrogens with two attached hydrogens (primary N) is 1. The van der Waals surface area contributed by atoms with Gasteiger partial charge in [0.2, 0.25) is 5.89 Å². The Bertz CT molecular complexity index is 647. The van der Waals surface area contributed by atoms with E-state index in [4.69, 9.17) is 10.2 Å². The van der Waals surface area contributed by atoms with Crippen LogP contribution in [0.15, 0.2) is 34.9 Å². The third-order valence-corrected chi connectivity index (χ3v) is 4.13. The minimum Gasteiger partial charge on any atom is -0.446 e. The van der Waals surface area contributed by atoms with E-state index in [0.29, 0.717) is 11.8 Å². The fourth-order valence-electron chi connectivity index (χ4n) is 2.19. The zero-order valence-electron chi connectivity index (χ0n) is 14.2. The topological polar surface area (TPSA) is 81.1 Å².